The zero-order valence-electron chi connectivity index (χ0n) is 23.6. The van der Waals surface area contributed by atoms with Crippen molar-refractivity contribution in [1.29, 1.82) is 0 Å². The predicted octanol–water partition coefficient (Wildman–Crippen LogP) is 5.55. The van der Waals surface area contributed by atoms with E-state index in [-0.39, 0.29) is 12.2 Å². The zero-order chi connectivity index (χ0) is 29.6. The number of nitrogens with one attached hydrogen (secondary N) is 2. The summed E-state index contributed by atoms with van der Waals surface area (Å²) in [6, 6.07) is 12.6. The Kier molecular flexibility index (Phi) is 6.98. The Labute approximate surface area is 248 Å². The van der Waals surface area contributed by atoms with Gasteiger partial charge in [0.05, 0.1) is 34.5 Å². The molecule has 5 aromatic heterocycles. The first-order chi connectivity index (χ1) is 20.8. The lowest BCUT2D eigenvalue weighted by atomic mass is 10.0. The van der Waals surface area contributed by atoms with Crippen LogP contribution < -0.4 is 0 Å². The number of benzene rings is 1. The van der Waals surface area contributed by atoms with Gasteiger partial charge >= 0.3 is 0 Å². The predicted molar refractivity (Wildman–Crippen MR) is 166 cm³/mol. The van der Waals surface area contributed by atoms with Gasteiger partial charge in [0.15, 0.2) is 0 Å². The van der Waals surface area contributed by atoms with Crippen LogP contribution in [0.5, 0.6) is 0 Å². The summed E-state index contributed by atoms with van der Waals surface area (Å²) >= 11 is 0. The fourth-order valence-corrected chi connectivity index (χ4v) is 6.45. The molecule has 0 atom stereocenters. The standard InChI is InChI=1S/C32H30FN7O2S/c1-43(41,42)9-5-20-10-22(13-24(33)12-20)31-25-15-29(37-27(25)4-6-35-31)32-26-14-28(36-18-30(26)38-39-32)23-11-21(16-34-17-23)19-40-7-2-3-8-40/h4,6,10-18,37H,2-3,5,7-9,19H2,1H3,(H,38,39). The van der Waals surface area contributed by atoms with Crippen molar-refractivity contribution in [2.75, 3.05) is 25.1 Å². The Balaban J connectivity index is 1.24. The first-order valence-corrected chi connectivity index (χ1v) is 16.3. The van der Waals surface area contributed by atoms with Gasteiger partial charge in [-0.15, -0.1) is 0 Å². The molecule has 0 saturated carbocycles. The molecule has 0 unspecified atom stereocenters. The van der Waals surface area contributed by atoms with Gasteiger partial charge in [-0.2, -0.15) is 5.10 Å². The number of hydrogen-bond donors (Lipinski definition) is 2. The number of rotatable bonds is 8. The third kappa shape index (κ3) is 5.78. The Morgan fingerprint density at radius 3 is 2.53 bits per heavy atom. The third-order valence-electron chi connectivity index (χ3n) is 7.94. The second kappa shape index (κ2) is 11.0. The van der Waals surface area contributed by atoms with Crippen LogP contribution in [0.25, 0.3) is 55.7 Å². The van der Waals surface area contributed by atoms with Crippen molar-refractivity contribution in [3.05, 3.63) is 84.2 Å². The van der Waals surface area contributed by atoms with Gasteiger partial charge in [-0.3, -0.25) is 25.0 Å². The van der Waals surface area contributed by atoms with Crippen LogP contribution in [-0.4, -0.2) is 68.5 Å². The van der Waals surface area contributed by atoms with Crippen molar-refractivity contribution in [1.82, 2.24) is 35.0 Å². The molecule has 0 spiro atoms. The maximum absolute atomic E-state index is 14.6. The van der Waals surface area contributed by atoms with E-state index in [4.69, 9.17) is 0 Å². The SMILES string of the molecule is CS(=O)(=O)CCc1cc(F)cc(-c2nccc3[nH]c(-c4n[nH]c5cnc(-c6cncc(CN7CCCC7)c6)cc45)cc23)c1. The minimum atomic E-state index is -3.18. The van der Waals surface area contributed by atoms with Gasteiger partial charge < -0.3 is 4.98 Å². The van der Waals surface area contributed by atoms with Gasteiger partial charge in [0, 0.05) is 58.8 Å². The number of pyridine rings is 3. The van der Waals surface area contributed by atoms with Crippen LogP contribution in [0.4, 0.5) is 4.39 Å². The molecule has 218 valence electrons. The van der Waals surface area contributed by atoms with Gasteiger partial charge in [-0.05, 0) is 85.9 Å². The topological polar surface area (TPSA) is 121 Å². The number of nitrogens with zero attached hydrogens (tertiary/aromatic N) is 5. The number of aryl methyl sites for hydroxylation is 1. The highest BCUT2D eigenvalue weighted by Crippen LogP contribution is 2.34. The normalized spacial score (nSPS) is 14.3. The molecule has 6 aromatic rings. The maximum atomic E-state index is 14.6. The van der Waals surface area contributed by atoms with Crippen LogP contribution >= 0.6 is 0 Å². The zero-order valence-corrected chi connectivity index (χ0v) is 24.5. The van der Waals surface area contributed by atoms with E-state index in [2.05, 4.69) is 41.1 Å². The van der Waals surface area contributed by atoms with Crippen molar-refractivity contribution >= 4 is 31.6 Å². The average Bonchev–Trinajstić information content (AvgIpc) is 3.75. The summed E-state index contributed by atoms with van der Waals surface area (Å²) in [6.45, 7) is 3.13. The largest absolute Gasteiger partial charge is 0.353 e. The Morgan fingerprint density at radius 2 is 1.70 bits per heavy atom. The van der Waals surface area contributed by atoms with E-state index in [1.54, 1.807) is 18.5 Å². The van der Waals surface area contributed by atoms with E-state index in [1.165, 1.54) is 36.8 Å². The summed E-state index contributed by atoms with van der Waals surface area (Å²) in [6.07, 6.45) is 11.1. The molecule has 0 amide bonds. The smallest absolute Gasteiger partial charge is 0.147 e. The number of fused-ring (bicyclic) bond motifs is 2. The molecular weight excluding hydrogens is 565 g/mol. The first kappa shape index (κ1) is 27.4. The van der Waals surface area contributed by atoms with Gasteiger partial charge in [0.2, 0.25) is 0 Å². The van der Waals surface area contributed by atoms with Crippen LogP contribution in [0.3, 0.4) is 0 Å². The molecular formula is C32H30FN7O2S. The summed E-state index contributed by atoms with van der Waals surface area (Å²) in [5, 5.41) is 9.41. The van der Waals surface area contributed by atoms with Gasteiger partial charge in [-0.1, -0.05) is 0 Å². The maximum Gasteiger partial charge on any atom is 0.147 e. The van der Waals surface area contributed by atoms with E-state index in [1.807, 2.05) is 30.6 Å². The summed E-state index contributed by atoms with van der Waals surface area (Å²) in [7, 11) is -3.18. The molecule has 0 aliphatic carbocycles. The van der Waals surface area contributed by atoms with Crippen molar-refractivity contribution < 1.29 is 12.8 Å². The quantitative estimate of drug-likeness (QED) is 0.237. The Hall–Kier alpha value is -4.48. The Bertz CT molecular complexity index is 2080. The van der Waals surface area contributed by atoms with Crippen LogP contribution in [0.1, 0.15) is 24.0 Å². The number of halogens is 1. The lowest BCUT2D eigenvalue weighted by Gasteiger charge is -2.14. The fraction of sp³-hybridized carbons (Fsp3) is 0.250. The van der Waals surface area contributed by atoms with Gasteiger partial charge in [0.25, 0.3) is 0 Å². The highest BCUT2D eigenvalue weighted by Gasteiger charge is 2.17. The second-order valence-corrected chi connectivity index (χ2v) is 13.5. The molecule has 1 fully saturated rings. The molecule has 43 heavy (non-hydrogen) atoms. The van der Waals surface area contributed by atoms with Crippen LogP contribution in [-0.2, 0) is 22.8 Å². The molecule has 9 nitrogen and oxygen atoms in total. The summed E-state index contributed by atoms with van der Waals surface area (Å²) < 4.78 is 38.0. The van der Waals surface area contributed by atoms with E-state index in [0.717, 1.165) is 64.1 Å². The average molecular weight is 596 g/mol. The van der Waals surface area contributed by atoms with Gasteiger partial charge in [0.1, 0.15) is 21.3 Å². The lowest BCUT2D eigenvalue weighted by molar-refractivity contribution is 0.331. The summed E-state index contributed by atoms with van der Waals surface area (Å²) in [4.78, 5) is 19.6. The van der Waals surface area contributed by atoms with Crippen LogP contribution in [0, 0.1) is 5.82 Å². The molecule has 7 rings (SSSR count). The molecule has 1 aromatic carbocycles. The van der Waals surface area contributed by atoms with Crippen molar-refractivity contribution in [3.8, 4) is 33.9 Å². The molecule has 2 N–H and O–H groups in total. The van der Waals surface area contributed by atoms with Crippen molar-refractivity contribution in [2.24, 2.45) is 0 Å². The molecule has 1 aliphatic rings. The van der Waals surface area contributed by atoms with Crippen LogP contribution in [0.2, 0.25) is 0 Å². The van der Waals surface area contributed by atoms with Crippen molar-refractivity contribution in [2.45, 2.75) is 25.8 Å². The minimum absolute atomic E-state index is 0.0519. The van der Waals surface area contributed by atoms with E-state index >= 15 is 0 Å². The molecule has 1 aliphatic heterocycles. The van der Waals surface area contributed by atoms with E-state index in [0.29, 0.717) is 16.8 Å². The number of H-pyrrole nitrogens is 2. The number of aromatic amines is 2. The minimum Gasteiger partial charge on any atom is -0.353 e. The fourth-order valence-electron chi connectivity index (χ4n) is 5.84. The number of likely N-dealkylation sites (tertiary alicyclic amines) is 1. The second-order valence-electron chi connectivity index (χ2n) is 11.3. The summed E-state index contributed by atoms with van der Waals surface area (Å²) in [5.41, 5.74) is 7.86. The number of hydrogen-bond acceptors (Lipinski definition) is 7. The lowest BCUT2D eigenvalue weighted by Crippen LogP contribution is -2.18. The molecule has 1 saturated heterocycles. The molecule has 6 heterocycles. The highest BCUT2D eigenvalue weighted by atomic mass is 32.2. The summed E-state index contributed by atoms with van der Waals surface area (Å²) in [5.74, 6) is -0.489. The van der Waals surface area contributed by atoms with E-state index in [9.17, 15) is 12.8 Å². The van der Waals surface area contributed by atoms with Crippen LogP contribution in [0.15, 0.2) is 67.3 Å². The highest BCUT2D eigenvalue weighted by molar-refractivity contribution is 7.90. The molecule has 0 bridgehead atoms. The molecule has 11 heteroatoms. The number of sulfone groups is 1. The third-order valence-corrected chi connectivity index (χ3v) is 8.88. The van der Waals surface area contributed by atoms with Gasteiger partial charge in [-0.25, -0.2) is 12.8 Å². The Morgan fingerprint density at radius 1 is 0.884 bits per heavy atom. The molecule has 0 radical (unpaired) electrons. The van der Waals surface area contributed by atoms with Crippen molar-refractivity contribution in [3.63, 3.8) is 0 Å². The monoisotopic (exact) mass is 595 g/mol. The van der Waals surface area contributed by atoms with E-state index < -0.39 is 15.7 Å². The first-order valence-electron chi connectivity index (χ1n) is 14.3. The number of aromatic nitrogens is 6.